The molecule has 27 heavy (non-hydrogen) atoms. The summed E-state index contributed by atoms with van der Waals surface area (Å²) in [6.07, 6.45) is 1.19. The summed E-state index contributed by atoms with van der Waals surface area (Å²) in [5.74, 6) is 0.657. The molecule has 1 aliphatic rings. The Hall–Kier alpha value is -1.79. The summed E-state index contributed by atoms with van der Waals surface area (Å²) in [5, 5.41) is 3.63. The van der Waals surface area contributed by atoms with E-state index in [2.05, 4.69) is 5.32 Å². The molecule has 0 atom stereocenters. The molecule has 0 spiro atoms. The molecular formula is C20H24Cl2N2O3. The summed E-state index contributed by atoms with van der Waals surface area (Å²) in [5.41, 5.74) is 6.31. The van der Waals surface area contributed by atoms with Crippen molar-refractivity contribution < 1.29 is 14.3 Å². The summed E-state index contributed by atoms with van der Waals surface area (Å²) in [4.78, 5) is 13.2. The fourth-order valence-electron chi connectivity index (χ4n) is 3.25. The Balaban J connectivity index is 0.00000261. The highest BCUT2D eigenvalue weighted by Crippen LogP contribution is 2.39. The van der Waals surface area contributed by atoms with Gasteiger partial charge in [-0.15, -0.1) is 12.4 Å². The van der Waals surface area contributed by atoms with Crippen molar-refractivity contribution in [2.75, 3.05) is 31.7 Å². The Labute approximate surface area is 170 Å². The van der Waals surface area contributed by atoms with Crippen molar-refractivity contribution in [3.63, 3.8) is 0 Å². The van der Waals surface area contributed by atoms with E-state index < -0.39 is 5.41 Å². The quantitative estimate of drug-likeness (QED) is 0.759. The van der Waals surface area contributed by atoms with Gasteiger partial charge in [0.15, 0.2) is 0 Å². The van der Waals surface area contributed by atoms with Crippen molar-refractivity contribution in [1.82, 2.24) is 0 Å². The number of carbonyl (C=O) groups is 1. The zero-order valence-electron chi connectivity index (χ0n) is 14.9. The molecule has 2 aromatic rings. The molecule has 0 radical (unpaired) electrons. The van der Waals surface area contributed by atoms with Crippen molar-refractivity contribution in [3.8, 4) is 5.75 Å². The van der Waals surface area contributed by atoms with Crippen molar-refractivity contribution >= 4 is 35.6 Å². The minimum absolute atomic E-state index is 0. The van der Waals surface area contributed by atoms with E-state index in [0.29, 0.717) is 49.9 Å². The second-order valence-electron chi connectivity index (χ2n) is 6.29. The lowest BCUT2D eigenvalue weighted by molar-refractivity contribution is -0.125. The number of amides is 1. The molecule has 3 rings (SSSR count). The number of rotatable bonds is 6. The zero-order chi connectivity index (χ0) is 18.4. The van der Waals surface area contributed by atoms with Gasteiger partial charge < -0.3 is 20.5 Å². The van der Waals surface area contributed by atoms with E-state index in [1.807, 2.05) is 48.5 Å². The predicted octanol–water partition coefficient (Wildman–Crippen LogP) is 3.79. The predicted molar refractivity (Wildman–Crippen MR) is 110 cm³/mol. The average Bonchev–Trinajstić information content (AvgIpc) is 2.68. The molecule has 5 nitrogen and oxygen atoms in total. The van der Waals surface area contributed by atoms with Gasteiger partial charge in [0.25, 0.3) is 0 Å². The Morgan fingerprint density at radius 2 is 1.81 bits per heavy atom. The van der Waals surface area contributed by atoms with Gasteiger partial charge in [-0.3, -0.25) is 4.79 Å². The van der Waals surface area contributed by atoms with Crippen LogP contribution in [0.3, 0.4) is 0 Å². The number of hydrogen-bond donors (Lipinski definition) is 2. The number of nitrogens with one attached hydrogen (secondary N) is 1. The Kier molecular flexibility index (Phi) is 7.92. The lowest BCUT2D eigenvalue weighted by Crippen LogP contribution is -2.45. The molecule has 3 N–H and O–H groups in total. The largest absolute Gasteiger partial charge is 0.492 e. The lowest BCUT2D eigenvalue weighted by Gasteiger charge is -2.36. The molecule has 1 saturated heterocycles. The SMILES string of the molecule is Cl.NCCOc1ccc(NC(=O)C2(c3ccccc3Cl)CCOCC2)cc1. The number of halogens is 2. The molecule has 1 heterocycles. The van der Waals surface area contributed by atoms with Gasteiger partial charge in [0, 0.05) is 30.5 Å². The molecule has 7 heteroatoms. The first-order valence-electron chi connectivity index (χ1n) is 8.73. The molecular weight excluding hydrogens is 387 g/mol. The first-order chi connectivity index (χ1) is 12.7. The van der Waals surface area contributed by atoms with Crippen LogP contribution in [0.15, 0.2) is 48.5 Å². The second kappa shape index (κ2) is 9.95. The maximum atomic E-state index is 13.2. The summed E-state index contributed by atoms with van der Waals surface area (Å²) in [7, 11) is 0. The van der Waals surface area contributed by atoms with Crippen LogP contribution < -0.4 is 15.8 Å². The van der Waals surface area contributed by atoms with Crippen LogP contribution in [0.25, 0.3) is 0 Å². The van der Waals surface area contributed by atoms with Crippen LogP contribution in [0.1, 0.15) is 18.4 Å². The minimum Gasteiger partial charge on any atom is -0.492 e. The number of benzene rings is 2. The highest BCUT2D eigenvalue weighted by Gasteiger charge is 2.43. The van der Waals surface area contributed by atoms with E-state index in [9.17, 15) is 4.79 Å². The molecule has 0 unspecified atom stereocenters. The molecule has 1 aliphatic heterocycles. The van der Waals surface area contributed by atoms with Crippen LogP contribution in [-0.2, 0) is 14.9 Å². The fourth-order valence-corrected chi connectivity index (χ4v) is 3.57. The highest BCUT2D eigenvalue weighted by atomic mass is 35.5. The number of hydrogen-bond acceptors (Lipinski definition) is 4. The molecule has 0 aromatic heterocycles. The molecule has 2 aromatic carbocycles. The third-order valence-electron chi connectivity index (χ3n) is 4.67. The zero-order valence-corrected chi connectivity index (χ0v) is 16.5. The van der Waals surface area contributed by atoms with Crippen molar-refractivity contribution in [2.45, 2.75) is 18.3 Å². The smallest absolute Gasteiger partial charge is 0.235 e. The minimum atomic E-state index is -0.689. The van der Waals surface area contributed by atoms with Gasteiger partial charge in [0.2, 0.25) is 5.91 Å². The summed E-state index contributed by atoms with van der Waals surface area (Å²) in [6.45, 7) is 1.98. The van der Waals surface area contributed by atoms with Gasteiger partial charge >= 0.3 is 0 Å². The Morgan fingerprint density at radius 1 is 1.15 bits per heavy atom. The summed E-state index contributed by atoms with van der Waals surface area (Å²) in [6, 6.07) is 14.8. The third-order valence-corrected chi connectivity index (χ3v) is 5.00. The molecule has 146 valence electrons. The van der Waals surface area contributed by atoms with E-state index in [1.165, 1.54) is 0 Å². The monoisotopic (exact) mass is 410 g/mol. The summed E-state index contributed by atoms with van der Waals surface area (Å²) < 4.78 is 11.0. The third kappa shape index (κ3) is 4.93. The number of carbonyl (C=O) groups excluding carboxylic acids is 1. The van der Waals surface area contributed by atoms with Gasteiger partial charge in [0.05, 0.1) is 5.41 Å². The number of ether oxygens (including phenoxy) is 2. The van der Waals surface area contributed by atoms with E-state index in [1.54, 1.807) is 0 Å². The lowest BCUT2D eigenvalue weighted by atomic mass is 9.73. The van der Waals surface area contributed by atoms with Crippen molar-refractivity contribution in [3.05, 3.63) is 59.1 Å². The molecule has 1 amide bonds. The van der Waals surface area contributed by atoms with Gasteiger partial charge in [-0.2, -0.15) is 0 Å². The van der Waals surface area contributed by atoms with E-state index in [-0.39, 0.29) is 18.3 Å². The van der Waals surface area contributed by atoms with Gasteiger partial charge in [-0.05, 0) is 48.7 Å². The van der Waals surface area contributed by atoms with E-state index in [4.69, 9.17) is 26.8 Å². The first-order valence-corrected chi connectivity index (χ1v) is 9.11. The maximum absolute atomic E-state index is 13.2. The van der Waals surface area contributed by atoms with Crippen LogP contribution in [0.5, 0.6) is 5.75 Å². The summed E-state index contributed by atoms with van der Waals surface area (Å²) >= 11 is 6.42. The van der Waals surface area contributed by atoms with Crippen molar-refractivity contribution in [2.24, 2.45) is 5.73 Å². The topological polar surface area (TPSA) is 73.6 Å². The Bertz CT molecular complexity index is 747. The number of anilines is 1. The van der Waals surface area contributed by atoms with Gasteiger partial charge in [-0.1, -0.05) is 29.8 Å². The van der Waals surface area contributed by atoms with Crippen molar-refractivity contribution in [1.29, 1.82) is 0 Å². The second-order valence-corrected chi connectivity index (χ2v) is 6.70. The Morgan fingerprint density at radius 3 is 2.44 bits per heavy atom. The molecule has 1 fully saturated rings. The standard InChI is InChI=1S/C20H23ClN2O3.ClH/c21-18-4-2-1-3-17(18)20(9-12-25-13-10-20)19(24)23-15-5-7-16(8-6-15)26-14-11-22;/h1-8H,9-14,22H2,(H,23,24);1H. The van der Waals surface area contributed by atoms with Crippen LogP contribution in [0.2, 0.25) is 5.02 Å². The molecule has 0 aliphatic carbocycles. The van der Waals surface area contributed by atoms with E-state index in [0.717, 1.165) is 11.3 Å². The molecule has 0 bridgehead atoms. The van der Waals surface area contributed by atoms with Crippen LogP contribution in [0.4, 0.5) is 5.69 Å². The van der Waals surface area contributed by atoms with Gasteiger partial charge in [0.1, 0.15) is 12.4 Å². The fraction of sp³-hybridized carbons (Fsp3) is 0.350. The normalized spacial score (nSPS) is 15.5. The van der Waals surface area contributed by atoms with E-state index >= 15 is 0 Å². The first kappa shape index (κ1) is 21.5. The van der Waals surface area contributed by atoms with Crippen LogP contribution in [-0.4, -0.2) is 32.3 Å². The highest BCUT2D eigenvalue weighted by molar-refractivity contribution is 6.31. The molecule has 0 saturated carbocycles. The average molecular weight is 411 g/mol. The number of nitrogens with two attached hydrogens (primary N) is 1. The van der Waals surface area contributed by atoms with Crippen LogP contribution in [0, 0.1) is 0 Å². The van der Waals surface area contributed by atoms with Gasteiger partial charge in [-0.25, -0.2) is 0 Å². The maximum Gasteiger partial charge on any atom is 0.235 e. The van der Waals surface area contributed by atoms with Crippen LogP contribution >= 0.6 is 24.0 Å².